The fraction of sp³-hybridized carbons (Fsp3) is 0.438. The van der Waals surface area contributed by atoms with Gasteiger partial charge in [-0.05, 0) is 24.8 Å². The van der Waals surface area contributed by atoms with Gasteiger partial charge in [-0.25, -0.2) is 9.63 Å². The van der Waals surface area contributed by atoms with Crippen molar-refractivity contribution >= 4 is 17.8 Å². The molecule has 9 nitrogen and oxygen atoms in total. The minimum Gasteiger partial charge on any atom is -0.479 e. The Morgan fingerprint density at radius 1 is 1.24 bits per heavy atom. The van der Waals surface area contributed by atoms with Crippen LogP contribution in [0.1, 0.15) is 32.3 Å². The zero-order valence-electron chi connectivity index (χ0n) is 13.9. The summed E-state index contributed by atoms with van der Waals surface area (Å²) in [7, 11) is 0. The normalized spacial score (nSPS) is 12.1. The topological polar surface area (TPSA) is 136 Å². The number of nitrogens with zero attached hydrogens (tertiary/aromatic N) is 1. The molecule has 0 saturated heterocycles. The molecule has 1 aromatic carbocycles. The van der Waals surface area contributed by atoms with Crippen molar-refractivity contribution < 1.29 is 29.4 Å². The first-order chi connectivity index (χ1) is 11.8. The molecule has 2 N–H and O–H groups in total. The van der Waals surface area contributed by atoms with Crippen molar-refractivity contribution in [3.8, 4) is 0 Å². The minimum absolute atomic E-state index is 0.337. The van der Waals surface area contributed by atoms with Gasteiger partial charge in [0.2, 0.25) is 11.9 Å². The van der Waals surface area contributed by atoms with E-state index in [4.69, 9.17) is 5.11 Å². The van der Waals surface area contributed by atoms with Crippen molar-refractivity contribution in [1.82, 2.24) is 5.32 Å². The van der Waals surface area contributed by atoms with E-state index in [1.54, 1.807) is 13.8 Å². The maximum absolute atomic E-state index is 12.7. The Labute approximate surface area is 144 Å². The number of nitrogens with one attached hydrogen (secondary N) is 1. The van der Waals surface area contributed by atoms with Gasteiger partial charge in [0.1, 0.15) is 0 Å². The van der Waals surface area contributed by atoms with Crippen LogP contribution in [0, 0.1) is 15.5 Å². The molecule has 0 aliphatic carbocycles. The van der Waals surface area contributed by atoms with Gasteiger partial charge in [-0.3, -0.25) is 9.59 Å². The molecule has 0 radical (unpaired) electrons. The van der Waals surface area contributed by atoms with Gasteiger partial charge in [0.05, 0.1) is 5.41 Å². The van der Waals surface area contributed by atoms with Gasteiger partial charge < -0.3 is 10.4 Å². The number of amides is 1. The Morgan fingerprint density at radius 2 is 1.80 bits per heavy atom. The third-order valence-electron chi connectivity index (χ3n) is 4.14. The van der Waals surface area contributed by atoms with Gasteiger partial charge >= 0.3 is 17.0 Å². The van der Waals surface area contributed by atoms with E-state index in [2.05, 4.69) is 10.2 Å². The fourth-order valence-corrected chi connectivity index (χ4v) is 2.52. The molecule has 0 saturated carbocycles. The summed E-state index contributed by atoms with van der Waals surface area (Å²) in [6.07, 6.45) is 1.12. The Kier molecular flexibility index (Phi) is 7.04. The summed E-state index contributed by atoms with van der Waals surface area (Å²) in [6, 6.07) is 6.99. The molecular weight excluding hydrogens is 332 g/mol. The summed E-state index contributed by atoms with van der Waals surface area (Å²) in [5.41, 5.74) is -0.0784. The summed E-state index contributed by atoms with van der Waals surface area (Å²) in [5, 5.41) is 19.9. The lowest BCUT2D eigenvalue weighted by Gasteiger charge is -2.31. The largest absolute Gasteiger partial charge is 0.479 e. The number of carbonyl (C=O) groups excluding carboxylic acids is 2. The van der Waals surface area contributed by atoms with Crippen LogP contribution in [0.4, 0.5) is 0 Å². The molecule has 136 valence electrons. The first-order valence-electron chi connectivity index (χ1n) is 7.69. The van der Waals surface area contributed by atoms with Crippen LogP contribution in [0.15, 0.2) is 30.3 Å². The van der Waals surface area contributed by atoms with Crippen molar-refractivity contribution in [3.63, 3.8) is 0 Å². The molecule has 0 fully saturated rings. The lowest BCUT2D eigenvalue weighted by atomic mass is 9.76. The first kappa shape index (κ1) is 20.1. The lowest BCUT2D eigenvalue weighted by Crippen LogP contribution is -2.53. The van der Waals surface area contributed by atoms with E-state index in [9.17, 15) is 24.5 Å². The van der Waals surface area contributed by atoms with Crippen LogP contribution in [0.2, 0.25) is 0 Å². The zero-order valence-corrected chi connectivity index (χ0v) is 13.9. The van der Waals surface area contributed by atoms with E-state index in [1.807, 2.05) is 30.3 Å². The molecular formula is C16H20N2O7. The summed E-state index contributed by atoms with van der Waals surface area (Å²) < 4.78 is 0. The van der Waals surface area contributed by atoms with Gasteiger partial charge in [0.25, 0.3) is 0 Å². The fourth-order valence-electron chi connectivity index (χ4n) is 2.52. The Morgan fingerprint density at radius 3 is 2.24 bits per heavy atom. The molecule has 0 aliphatic rings. The van der Waals surface area contributed by atoms with E-state index in [0.717, 1.165) is 5.56 Å². The Bertz CT molecular complexity index is 641. The molecule has 1 unspecified atom stereocenters. The smallest absolute Gasteiger partial charge is 0.337 e. The standard InChI is InChI=1S/C16H20N2O7/c1-3-16(4-2,10-11-8-6-5-7-9-11)15(22)17-12(13(19)20)14(21)25-18(23)24/h5-9,12H,3-4,10H2,1-2H3,(H,17,22)(H,19,20). The summed E-state index contributed by atoms with van der Waals surface area (Å²) >= 11 is 0. The van der Waals surface area contributed by atoms with Gasteiger partial charge in [0.15, 0.2) is 0 Å². The highest BCUT2D eigenvalue weighted by Gasteiger charge is 2.40. The van der Waals surface area contributed by atoms with Crippen molar-refractivity contribution in [3.05, 3.63) is 46.0 Å². The van der Waals surface area contributed by atoms with Crippen LogP contribution in [-0.4, -0.2) is 34.1 Å². The van der Waals surface area contributed by atoms with E-state index in [0.29, 0.717) is 19.3 Å². The van der Waals surface area contributed by atoms with Gasteiger partial charge in [-0.15, -0.1) is 10.1 Å². The Hall–Kier alpha value is -2.97. The average molecular weight is 352 g/mol. The maximum Gasteiger partial charge on any atom is 0.337 e. The third-order valence-corrected chi connectivity index (χ3v) is 4.14. The van der Waals surface area contributed by atoms with Crippen LogP contribution in [-0.2, 0) is 25.6 Å². The molecule has 0 bridgehead atoms. The van der Waals surface area contributed by atoms with E-state index in [1.165, 1.54) is 0 Å². The molecule has 0 heterocycles. The van der Waals surface area contributed by atoms with Gasteiger partial charge in [-0.2, -0.15) is 0 Å². The molecule has 9 heteroatoms. The number of carboxylic acid groups (broad SMARTS) is 1. The van der Waals surface area contributed by atoms with E-state index < -0.39 is 34.4 Å². The molecule has 1 rings (SSSR count). The molecule has 1 amide bonds. The minimum atomic E-state index is -2.15. The number of hydrogen-bond donors (Lipinski definition) is 2. The number of rotatable bonds is 9. The van der Waals surface area contributed by atoms with E-state index >= 15 is 0 Å². The number of carboxylic acids is 1. The second-order valence-electron chi connectivity index (χ2n) is 5.53. The molecule has 25 heavy (non-hydrogen) atoms. The van der Waals surface area contributed by atoms with Crippen LogP contribution >= 0.6 is 0 Å². The third kappa shape index (κ3) is 5.27. The lowest BCUT2D eigenvalue weighted by molar-refractivity contribution is -0.729. The summed E-state index contributed by atoms with van der Waals surface area (Å²) in [6.45, 7) is 3.55. The van der Waals surface area contributed by atoms with Crippen LogP contribution in [0.5, 0.6) is 0 Å². The quantitative estimate of drug-likeness (QED) is 0.389. The first-order valence-corrected chi connectivity index (χ1v) is 7.69. The number of benzene rings is 1. The van der Waals surface area contributed by atoms with Crippen molar-refractivity contribution in [1.29, 1.82) is 0 Å². The number of hydrogen-bond acceptors (Lipinski definition) is 6. The maximum atomic E-state index is 12.7. The number of carbonyl (C=O) groups is 3. The molecule has 0 aromatic heterocycles. The van der Waals surface area contributed by atoms with Crippen LogP contribution in [0.25, 0.3) is 0 Å². The number of aliphatic carboxylic acids is 1. The van der Waals surface area contributed by atoms with Crippen molar-refractivity contribution in [2.24, 2.45) is 5.41 Å². The van der Waals surface area contributed by atoms with Crippen LogP contribution in [0.3, 0.4) is 0 Å². The summed E-state index contributed by atoms with van der Waals surface area (Å²) in [4.78, 5) is 49.3. The average Bonchev–Trinajstić information content (AvgIpc) is 2.57. The van der Waals surface area contributed by atoms with Crippen molar-refractivity contribution in [2.75, 3.05) is 0 Å². The monoisotopic (exact) mass is 352 g/mol. The van der Waals surface area contributed by atoms with Crippen molar-refractivity contribution in [2.45, 2.75) is 39.2 Å². The Balaban J connectivity index is 3.02. The predicted molar refractivity (Wildman–Crippen MR) is 85.8 cm³/mol. The summed E-state index contributed by atoms with van der Waals surface area (Å²) in [5.74, 6) is -4.07. The predicted octanol–water partition coefficient (Wildman–Crippen LogP) is 1.34. The molecule has 1 atom stereocenters. The molecule has 0 spiro atoms. The highest BCUT2D eigenvalue weighted by atomic mass is 17.0. The molecule has 0 aliphatic heterocycles. The highest BCUT2D eigenvalue weighted by Crippen LogP contribution is 2.31. The zero-order chi connectivity index (χ0) is 19.0. The van der Waals surface area contributed by atoms with Gasteiger partial charge in [0, 0.05) is 0 Å². The van der Waals surface area contributed by atoms with Gasteiger partial charge in [-0.1, -0.05) is 44.2 Å². The highest BCUT2D eigenvalue weighted by molar-refractivity contribution is 6.02. The second kappa shape index (κ2) is 8.76. The van der Waals surface area contributed by atoms with Crippen LogP contribution < -0.4 is 5.32 Å². The van der Waals surface area contributed by atoms with E-state index in [-0.39, 0.29) is 0 Å². The SMILES string of the molecule is CCC(CC)(Cc1ccccc1)C(=O)NC(C(=O)O)C(=O)O[N+](=O)[O-]. The second-order valence-corrected chi connectivity index (χ2v) is 5.53. The molecule has 1 aromatic rings.